The Morgan fingerprint density at radius 1 is 1.52 bits per heavy atom. The second kappa shape index (κ2) is 6.22. The molecule has 4 nitrogen and oxygen atoms in total. The summed E-state index contributed by atoms with van der Waals surface area (Å²) in [6.45, 7) is 5.96. The number of rotatable bonds is 3. The molecule has 2 rings (SSSR count). The van der Waals surface area contributed by atoms with Crippen LogP contribution < -0.4 is 9.46 Å². The van der Waals surface area contributed by atoms with Crippen LogP contribution in [-0.2, 0) is 11.4 Å². The van der Waals surface area contributed by atoms with E-state index in [1.165, 1.54) is 12.1 Å². The number of nitriles is 1. The summed E-state index contributed by atoms with van der Waals surface area (Å²) in [4.78, 5) is 0. The van der Waals surface area contributed by atoms with Crippen LogP contribution in [0.5, 0.6) is 5.75 Å². The molecule has 6 heteroatoms. The van der Waals surface area contributed by atoms with E-state index in [2.05, 4.69) is 10.8 Å². The number of halogens is 1. The van der Waals surface area contributed by atoms with Crippen molar-refractivity contribution in [2.24, 2.45) is 0 Å². The van der Waals surface area contributed by atoms with Crippen molar-refractivity contribution in [3.63, 3.8) is 0 Å². The third-order valence-electron chi connectivity index (χ3n) is 3.39. The van der Waals surface area contributed by atoms with Gasteiger partial charge in [-0.2, -0.15) is 5.26 Å². The molecule has 0 aromatic heterocycles. The highest BCUT2D eigenvalue weighted by Crippen LogP contribution is 2.36. The molecule has 0 bridgehead atoms. The third kappa shape index (κ3) is 3.67. The summed E-state index contributed by atoms with van der Waals surface area (Å²) in [6.07, 6.45) is 0.630. The maximum Gasteiger partial charge on any atom is 0.146 e. The van der Waals surface area contributed by atoms with E-state index in [1.807, 2.05) is 20.8 Å². The van der Waals surface area contributed by atoms with Crippen LogP contribution in [0, 0.1) is 17.1 Å². The van der Waals surface area contributed by atoms with E-state index >= 15 is 0 Å². The van der Waals surface area contributed by atoms with Crippen LogP contribution >= 0.6 is 0 Å². The van der Waals surface area contributed by atoms with Gasteiger partial charge in [-0.1, -0.05) is 6.07 Å². The molecular formula is C15H19FN2O2S. The first-order valence-electron chi connectivity index (χ1n) is 6.83. The minimum atomic E-state index is -1.34. The lowest BCUT2D eigenvalue weighted by Crippen LogP contribution is -2.47. The number of fused-ring (bicyclic) bond motifs is 1. The molecule has 1 aliphatic heterocycles. The average molecular weight is 310 g/mol. The van der Waals surface area contributed by atoms with Crippen LogP contribution in [0.2, 0.25) is 0 Å². The number of benzene rings is 1. The summed E-state index contributed by atoms with van der Waals surface area (Å²) < 4.78 is 33.4. The second-order valence-corrected chi connectivity index (χ2v) is 8.03. The predicted octanol–water partition coefficient (Wildman–Crippen LogP) is 2.64. The van der Waals surface area contributed by atoms with Crippen molar-refractivity contribution in [2.45, 2.75) is 43.9 Å². The van der Waals surface area contributed by atoms with Crippen molar-refractivity contribution in [1.82, 2.24) is 4.72 Å². The fourth-order valence-corrected chi connectivity index (χ4v) is 3.03. The van der Waals surface area contributed by atoms with Crippen LogP contribution in [0.4, 0.5) is 4.39 Å². The van der Waals surface area contributed by atoms with Crippen LogP contribution in [-0.4, -0.2) is 21.9 Å². The normalized spacial score (nSPS) is 20.9. The monoisotopic (exact) mass is 310 g/mol. The van der Waals surface area contributed by atoms with Gasteiger partial charge in [-0.15, -0.1) is 4.72 Å². The molecule has 21 heavy (non-hydrogen) atoms. The Balaban J connectivity index is 2.23. The Morgan fingerprint density at radius 3 is 2.86 bits per heavy atom. The number of nitrogens with zero attached hydrogens (tertiary/aromatic N) is 1. The van der Waals surface area contributed by atoms with Gasteiger partial charge >= 0.3 is 0 Å². The van der Waals surface area contributed by atoms with E-state index in [1.54, 1.807) is 6.07 Å². The summed E-state index contributed by atoms with van der Waals surface area (Å²) in [7, 11) is 0. The van der Waals surface area contributed by atoms with Gasteiger partial charge in [-0.05, 0) is 33.3 Å². The maximum absolute atomic E-state index is 13.3. The van der Waals surface area contributed by atoms with E-state index in [9.17, 15) is 14.2 Å². The molecule has 1 aromatic rings. The van der Waals surface area contributed by atoms with Crippen molar-refractivity contribution >= 4 is 11.4 Å². The second-order valence-electron chi connectivity index (χ2n) is 6.03. The Hall–Kier alpha value is -1.29. The highest BCUT2D eigenvalue weighted by Gasteiger charge is 2.35. The molecule has 0 radical (unpaired) electrons. The summed E-state index contributed by atoms with van der Waals surface area (Å²) in [5, 5.41) is 9.41. The van der Waals surface area contributed by atoms with Gasteiger partial charge in [-0.25, -0.2) is 4.39 Å². The zero-order chi connectivity index (χ0) is 15.6. The highest BCUT2D eigenvalue weighted by molar-refractivity contribution is 7.90. The molecule has 1 N–H and O–H groups in total. The van der Waals surface area contributed by atoms with E-state index in [0.29, 0.717) is 18.8 Å². The van der Waals surface area contributed by atoms with Gasteiger partial charge < -0.3 is 9.29 Å². The van der Waals surface area contributed by atoms with E-state index in [0.717, 1.165) is 5.56 Å². The standard InChI is InChI=1S/C15H19FN2O2S/c1-15(2,3)21(19)18-13(9-17)11-6-7-20-14-8-10(16)4-5-12(11)14/h4-5,8,11,13,18H,6-7H2,1-3H3/t11-,13+,21?/m0/s1. The summed E-state index contributed by atoms with van der Waals surface area (Å²) in [5.74, 6) is -0.0605. The number of hydrogen-bond donors (Lipinski definition) is 1. The van der Waals surface area contributed by atoms with Crippen molar-refractivity contribution < 1.29 is 13.7 Å². The first-order chi connectivity index (χ1) is 9.82. The number of ether oxygens (including phenoxy) is 1. The molecule has 0 amide bonds. The van der Waals surface area contributed by atoms with Crippen molar-refractivity contribution in [1.29, 1.82) is 5.26 Å². The van der Waals surface area contributed by atoms with Crippen LogP contribution in [0.3, 0.4) is 0 Å². The Bertz CT molecular complexity index is 554. The topological polar surface area (TPSA) is 68.1 Å². The van der Waals surface area contributed by atoms with E-state index < -0.39 is 22.2 Å². The zero-order valence-electron chi connectivity index (χ0n) is 12.4. The maximum atomic E-state index is 13.3. The largest absolute Gasteiger partial charge is 0.598 e. The van der Waals surface area contributed by atoms with Gasteiger partial charge in [0.1, 0.15) is 22.4 Å². The van der Waals surface area contributed by atoms with Crippen LogP contribution in [0.15, 0.2) is 18.2 Å². The summed E-state index contributed by atoms with van der Waals surface area (Å²) in [5.41, 5.74) is 0.785. The quantitative estimate of drug-likeness (QED) is 0.872. The summed E-state index contributed by atoms with van der Waals surface area (Å²) >= 11 is -1.34. The van der Waals surface area contributed by atoms with E-state index in [-0.39, 0.29) is 11.7 Å². The zero-order valence-corrected chi connectivity index (χ0v) is 13.2. The Labute approximate surface area is 127 Å². The fraction of sp³-hybridized carbons (Fsp3) is 0.533. The van der Waals surface area contributed by atoms with Gasteiger partial charge in [0.15, 0.2) is 0 Å². The molecule has 1 aliphatic rings. The molecule has 0 saturated heterocycles. The first-order valence-corrected chi connectivity index (χ1v) is 7.98. The average Bonchev–Trinajstić information content (AvgIpc) is 2.42. The van der Waals surface area contributed by atoms with Gasteiger partial charge in [0.25, 0.3) is 0 Å². The molecule has 114 valence electrons. The molecule has 0 saturated carbocycles. The third-order valence-corrected chi connectivity index (χ3v) is 4.97. The molecule has 1 aromatic carbocycles. The molecule has 3 atom stereocenters. The smallest absolute Gasteiger partial charge is 0.146 e. The lowest BCUT2D eigenvalue weighted by atomic mass is 9.87. The van der Waals surface area contributed by atoms with Gasteiger partial charge in [0.05, 0.1) is 12.7 Å². The van der Waals surface area contributed by atoms with Crippen LogP contribution in [0.25, 0.3) is 0 Å². The van der Waals surface area contributed by atoms with Gasteiger partial charge in [0.2, 0.25) is 0 Å². The highest BCUT2D eigenvalue weighted by atomic mass is 32.2. The minimum Gasteiger partial charge on any atom is -0.598 e. The van der Waals surface area contributed by atoms with Crippen molar-refractivity contribution in [3.8, 4) is 11.8 Å². The fourth-order valence-electron chi connectivity index (χ4n) is 2.23. The molecule has 0 aliphatic carbocycles. The molecule has 0 spiro atoms. The van der Waals surface area contributed by atoms with Crippen molar-refractivity contribution in [2.75, 3.05) is 6.61 Å². The number of nitrogens with one attached hydrogen (secondary N) is 1. The first kappa shape index (κ1) is 16.1. The summed E-state index contributed by atoms with van der Waals surface area (Å²) in [6, 6.07) is 5.90. The molecule has 1 heterocycles. The molecule has 1 unspecified atom stereocenters. The Kier molecular flexibility index (Phi) is 4.77. The van der Waals surface area contributed by atoms with Gasteiger partial charge in [0, 0.05) is 28.9 Å². The number of hydrogen-bond acceptors (Lipinski definition) is 4. The molecular weight excluding hydrogens is 291 g/mol. The van der Waals surface area contributed by atoms with E-state index in [4.69, 9.17) is 4.74 Å². The van der Waals surface area contributed by atoms with Gasteiger partial charge in [-0.3, -0.25) is 0 Å². The lowest BCUT2D eigenvalue weighted by Gasteiger charge is -2.32. The SMILES string of the molecule is CC(C)(C)[S+]([O-])N[C@H](C#N)[C@H]1CCOc2cc(F)ccc21. The minimum absolute atomic E-state index is 0.161. The van der Waals surface area contributed by atoms with Crippen LogP contribution in [0.1, 0.15) is 38.7 Å². The Morgan fingerprint density at radius 2 is 2.24 bits per heavy atom. The van der Waals surface area contributed by atoms with Crippen molar-refractivity contribution in [3.05, 3.63) is 29.6 Å². The molecule has 0 fully saturated rings. The lowest BCUT2D eigenvalue weighted by molar-refractivity contribution is 0.258. The predicted molar refractivity (Wildman–Crippen MR) is 79.7 cm³/mol.